The summed E-state index contributed by atoms with van der Waals surface area (Å²) in [5.74, 6) is -0.160. The Bertz CT molecular complexity index is 1000. The molecule has 0 aliphatic rings. The first kappa shape index (κ1) is 19.4. The van der Waals surface area contributed by atoms with Crippen LogP contribution < -0.4 is 10.9 Å². The van der Waals surface area contributed by atoms with Crippen LogP contribution in [0.3, 0.4) is 0 Å². The summed E-state index contributed by atoms with van der Waals surface area (Å²) in [6, 6.07) is 12.9. The number of fused-ring (bicyclic) bond motifs is 1. The Balaban J connectivity index is 1.49. The Kier molecular flexibility index (Phi) is 5.90. The number of aromatic nitrogens is 2. The van der Waals surface area contributed by atoms with Crippen LogP contribution in [-0.4, -0.2) is 32.5 Å². The Morgan fingerprint density at radius 1 is 1.21 bits per heavy atom. The largest absolute Gasteiger partial charge is 0.341 e. The van der Waals surface area contributed by atoms with Crippen LogP contribution in [0.25, 0.3) is 11.0 Å². The number of non-ortho nitro benzene ring substituents is 1. The van der Waals surface area contributed by atoms with Crippen LogP contribution in [0.2, 0.25) is 0 Å². The van der Waals surface area contributed by atoms with Crippen LogP contribution in [0.5, 0.6) is 0 Å². The Hall–Kier alpha value is -3.40. The van der Waals surface area contributed by atoms with Crippen molar-refractivity contribution in [2.75, 3.05) is 5.75 Å². The fourth-order valence-electron chi connectivity index (χ4n) is 2.44. The predicted octanol–water partition coefficient (Wildman–Crippen LogP) is 2.73. The lowest BCUT2D eigenvalue weighted by molar-refractivity contribution is -0.384. The van der Waals surface area contributed by atoms with Crippen molar-refractivity contribution in [1.82, 2.24) is 20.8 Å². The maximum absolute atomic E-state index is 12.0. The third kappa shape index (κ3) is 4.65. The highest BCUT2D eigenvalue weighted by atomic mass is 32.2. The summed E-state index contributed by atoms with van der Waals surface area (Å²) in [4.78, 5) is 41.9. The first-order valence-electron chi connectivity index (χ1n) is 8.34. The van der Waals surface area contributed by atoms with Gasteiger partial charge in [0.15, 0.2) is 0 Å². The number of aromatic amines is 1. The normalized spacial score (nSPS) is 11.8. The number of hydrogen-bond donors (Lipinski definition) is 3. The number of nitrogens with one attached hydrogen (secondary N) is 3. The molecule has 0 radical (unpaired) electrons. The van der Waals surface area contributed by atoms with E-state index in [1.54, 1.807) is 0 Å². The van der Waals surface area contributed by atoms with Crippen LogP contribution in [-0.2, 0) is 4.79 Å². The van der Waals surface area contributed by atoms with E-state index in [4.69, 9.17) is 0 Å². The lowest BCUT2D eigenvalue weighted by Gasteiger charge is -2.10. The SMILES string of the molecule is C[C@@H](SCC(=O)NNC(=O)c1cccc([N+](=O)[O-])c1)c1nc2ccccc2[nH]1. The van der Waals surface area contributed by atoms with Gasteiger partial charge in [-0.05, 0) is 25.1 Å². The van der Waals surface area contributed by atoms with Crippen molar-refractivity contribution in [2.24, 2.45) is 0 Å². The Morgan fingerprint density at radius 3 is 2.75 bits per heavy atom. The molecule has 0 saturated carbocycles. The maximum atomic E-state index is 12.0. The molecule has 0 bridgehead atoms. The number of nitro benzene ring substituents is 1. The van der Waals surface area contributed by atoms with Gasteiger partial charge in [-0.25, -0.2) is 4.98 Å². The van der Waals surface area contributed by atoms with E-state index in [0.717, 1.165) is 22.9 Å². The quantitative estimate of drug-likeness (QED) is 0.432. The molecule has 3 N–H and O–H groups in total. The molecular formula is C18H17N5O4S. The van der Waals surface area contributed by atoms with E-state index >= 15 is 0 Å². The topological polar surface area (TPSA) is 130 Å². The van der Waals surface area contributed by atoms with Crippen LogP contribution >= 0.6 is 11.8 Å². The molecule has 28 heavy (non-hydrogen) atoms. The molecular weight excluding hydrogens is 382 g/mol. The standard InChI is InChI=1S/C18H17N5O4S/c1-11(17-19-14-7-2-3-8-15(14)20-17)28-10-16(24)21-22-18(25)12-5-4-6-13(9-12)23(26)27/h2-9,11H,10H2,1H3,(H,19,20)(H,21,24)(H,22,25)/t11-/m1/s1. The summed E-state index contributed by atoms with van der Waals surface area (Å²) < 4.78 is 0. The number of rotatable bonds is 6. The molecule has 0 saturated heterocycles. The third-order valence-corrected chi connectivity index (χ3v) is 5.04. The van der Waals surface area contributed by atoms with E-state index in [-0.39, 0.29) is 22.3 Å². The second-order valence-electron chi connectivity index (χ2n) is 5.90. The molecule has 10 heteroatoms. The number of H-pyrrole nitrogens is 1. The van der Waals surface area contributed by atoms with E-state index in [2.05, 4.69) is 20.8 Å². The smallest absolute Gasteiger partial charge is 0.270 e. The van der Waals surface area contributed by atoms with Gasteiger partial charge in [0.2, 0.25) is 5.91 Å². The molecule has 1 heterocycles. The molecule has 2 amide bonds. The summed E-state index contributed by atoms with van der Waals surface area (Å²) in [7, 11) is 0. The molecule has 0 aliphatic heterocycles. The number of carbonyl (C=O) groups is 2. The van der Waals surface area contributed by atoms with Gasteiger partial charge < -0.3 is 4.98 Å². The molecule has 3 rings (SSSR count). The number of carbonyl (C=O) groups excluding carboxylic acids is 2. The van der Waals surface area contributed by atoms with E-state index < -0.39 is 16.7 Å². The Labute approximate surface area is 164 Å². The predicted molar refractivity (Wildman–Crippen MR) is 106 cm³/mol. The molecule has 0 unspecified atom stereocenters. The van der Waals surface area contributed by atoms with Crippen LogP contribution in [0.1, 0.15) is 28.4 Å². The first-order valence-corrected chi connectivity index (χ1v) is 9.39. The molecule has 0 fully saturated rings. The van der Waals surface area contributed by atoms with Gasteiger partial charge in [-0.1, -0.05) is 18.2 Å². The van der Waals surface area contributed by atoms with E-state index in [0.29, 0.717) is 0 Å². The van der Waals surface area contributed by atoms with Gasteiger partial charge in [0.25, 0.3) is 11.6 Å². The zero-order valence-electron chi connectivity index (χ0n) is 14.8. The van der Waals surface area contributed by atoms with Crippen molar-refractivity contribution >= 4 is 40.3 Å². The number of nitrogens with zero attached hydrogens (tertiary/aromatic N) is 2. The molecule has 0 aliphatic carbocycles. The number of imidazole rings is 1. The number of hydrogen-bond acceptors (Lipinski definition) is 6. The van der Waals surface area contributed by atoms with Crippen LogP contribution in [0.15, 0.2) is 48.5 Å². The number of para-hydroxylation sites is 2. The van der Waals surface area contributed by atoms with E-state index in [1.807, 2.05) is 31.2 Å². The van der Waals surface area contributed by atoms with Crippen LogP contribution in [0, 0.1) is 10.1 Å². The molecule has 3 aromatic rings. The van der Waals surface area contributed by atoms with Gasteiger partial charge >= 0.3 is 0 Å². The summed E-state index contributed by atoms with van der Waals surface area (Å²) in [5, 5.41) is 10.7. The minimum Gasteiger partial charge on any atom is -0.341 e. The highest BCUT2D eigenvalue weighted by molar-refractivity contribution is 8.00. The average Bonchev–Trinajstić information content (AvgIpc) is 3.14. The number of thioether (sulfide) groups is 1. The zero-order chi connectivity index (χ0) is 20.1. The number of hydrazine groups is 1. The fraction of sp³-hybridized carbons (Fsp3) is 0.167. The summed E-state index contributed by atoms with van der Waals surface area (Å²) in [6.07, 6.45) is 0. The molecule has 1 aromatic heterocycles. The number of amides is 2. The minimum atomic E-state index is -0.632. The second-order valence-corrected chi connectivity index (χ2v) is 7.23. The lowest BCUT2D eigenvalue weighted by Crippen LogP contribution is -2.42. The highest BCUT2D eigenvalue weighted by Gasteiger charge is 2.15. The van der Waals surface area contributed by atoms with Crippen molar-refractivity contribution in [3.05, 3.63) is 70.0 Å². The van der Waals surface area contributed by atoms with Gasteiger partial charge in [-0.15, -0.1) is 11.8 Å². The lowest BCUT2D eigenvalue weighted by atomic mass is 10.2. The second kappa shape index (κ2) is 8.53. The molecule has 1 atom stereocenters. The van der Waals surface area contributed by atoms with E-state index in [1.165, 1.54) is 30.0 Å². The Morgan fingerprint density at radius 2 is 2.00 bits per heavy atom. The summed E-state index contributed by atoms with van der Waals surface area (Å²) >= 11 is 1.36. The summed E-state index contributed by atoms with van der Waals surface area (Å²) in [6.45, 7) is 1.93. The maximum Gasteiger partial charge on any atom is 0.270 e. The van der Waals surface area contributed by atoms with Gasteiger partial charge in [0, 0.05) is 17.7 Å². The van der Waals surface area contributed by atoms with Crippen molar-refractivity contribution in [3.63, 3.8) is 0 Å². The minimum absolute atomic E-state index is 0.0503. The third-order valence-electron chi connectivity index (χ3n) is 3.89. The van der Waals surface area contributed by atoms with Gasteiger partial charge in [-0.2, -0.15) is 0 Å². The van der Waals surface area contributed by atoms with Gasteiger partial charge in [0.1, 0.15) is 5.82 Å². The van der Waals surface area contributed by atoms with Crippen molar-refractivity contribution in [1.29, 1.82) is 0 Å². The molecule has 9 nitrogen and oxygen atoms in total. The molecule has 144 valence electrons. The number of benzene rings is 2. The zero-order valence-corrected chi connectivity index (χ0v) is 15.7. The molecule has 0 spiro atoms. The highest BCUT2D eigenvalue weighted by Crippen LogP contribution is 2.27. The fourth-order valence-corrected chi connectivity index (χ4v) is 3.18. The van der Waals surface area contributed by atoms with Gasteiger partial charge in [-0.3, -0.25) is 30.6 Å². The summed E-state index contributed by atoms with van der Waals surface area (Å²) in [5.41, 5.74) is 6.23. The van der Waals surface area contributed by atoms with Gasteiger partial charge in [0.05, 0.1) is 27.0 Å². The van der Waals surface area contributed by atoms with Crippen molar-refractivity contribution in [2.45, 2.75) is 12.2 Å². The van der Waals surface area contributed by atoms with Crippen molar-refractivity contribution < 1.29 is 14.5 Å². The van der Waals surface area contributed by atoms with E-state index in [9.17, 15) is 19.7 Å². The van der Waals surface area contributed by atoms with Crippen molar-refractivity contribution in [3.8, 4) is 0 Å². The monoisotopic (exact) mass is 399 g/mol. The molecule has 2 aromatic carbocycles. The average molecular weight is 399 g/mol. The van der Waals surface area contributed by atoms with Crippen LogP contribution in [0.4, 0.5) is 5.69 Å². The first-order chi connectivity index (χ1) is 13.4. The number of nitro groups is 1.